The molecule has 3 nitrogen and oxygen atoms in total. The maximum absolute atomic E-state index is 6.55. The molecule has 4 heteroatoms. The normalized spacial score (nSPS) is 20.5. The lowest BCUT2D eigenvalue weighted by molar-refractivity contribution is 0.396. The van der Waals surface area contributed by atoms with E-state index in [1.807, 2.05) is 19.1 Å². The summed E-state index contributed by atoms with van der Waals surface area (Å²) in [5.41, 5.74) is 3.02. The first-order valence-electron chi connectivity index (χ1n) is 9.85. The Kier molecular flexibility index (Phi) is 8.02. The average molecular weight is 376 g/mol. The van der Waals surface area contributed by atoms with E-state index >= 15 is 0 Å². The molecule has 0 radical (unpaired) electrons. The molecule has 2 aliphatic rings. The van der Waals surface area contributed by atoms with E-state index in [0.717, 1.165) is 23.6 Å². The van der Waals surface area contributed by atoms with Gasteiger partial charge in [0.25, 0.3) is 0 Å². The van der Waals surface area contributed by atoms with Gasteiger partial charge >= 0.3 is 0 Å². The van der Waals surface area contributed by atoms with Crippen molar-refractivity contribution in [1.29, 1.82) is 0 Å². The predicted molar refractivity (Wildman–Crippen MR) is 114 cm³/mol. The van der Waals surface area contributed by atoms with Gasteiger partial charge in [-0.3, -0.25) is 0 Å². The summed E-state index contributed by atoms with van der Waals surface area (Å²) in [5.74, 6) is 1.47. The molecule has 0 aromatic rings. The molecule has 2 aliphatic carbocycles. The Labute approximate surface area is 164 Å². The summed E-state index contributed by atoms with van der Waals surface area (Å²) in [6.07, 6.45) is 13.7. The van der Waals surface area contributed by atoms with Crippen molar-refractivity contribution in [1.82, 2.24) is 10.2 Å². The summed E-state index contributed by atoms with van der Waals surface area (Å²) in [4.78, 5) is 6.97. The summed E-state index contributed by atoms with van der Waals surface area (Å²) in [7, 11) is 4.16. The van der Waals surface area contributed by atoms with Crippen LogP contribution in [0.4, 0.5) is 0 Å². The molecular formula is C22H34ClN3. The highest BCUT2D eigenvalue weighted by atomic mass is 35.5. The molecular weight excluding hydrogens is 342 g/mol. The molecule has 144 valence electrons. The molecule has 0 bridgehead atoms. The Morgan fingerprint density at radius 3 is 2.35 bits per heavy atom. The second-order valence-corrected chi connectivity index (χ2v) is 8.04. The van der Waals surface area contributed by atoms with Gasteiger partial charge < -0.3 is 10.2 Å². The molecule has 2 saturated carbocycles. The number of hydrogen-bond acceptors (Lipinski definition) is 3. The average Bonchev–Trinajstić information content (AvgIpc) is 3.44. The van der Waals surface area contributed by atoms with Crippen molar-refractivity contribution in [3.8, 4) is 0 Å². The van der Waals surface area contributed by atoms with E-state index in [2.05, 4.69) is 37.5 Å². The monoisotopic (exact) mass is 375 g/mol. The number of rotatable bonds is 9. The molecule has 0 unspecified atom stereocenters. The van der Waals surface area contributed by atoms with Crippen LogP contribution in [0.1, 0.15) is 58.3 Å². The first-order valence-corrected chi connectivity index (χ1v) is 10.2. The summed E-state index contributed by atoms with van der Waals surface area (Å²) >= 11 is 6.55. The van der Waals surface area contributed by atoms with Crippen molar-refractivity contribution in [2.24, 2.45) is 10.9 Å². The highest BCUT2D eigenvalue weighted by molar-refractivity contribution is 6.46. The quantitative estimate of drug-likeness (QED) is 0.409. The van der Waals surface area contributed by atoms with E-state index in [1.165, 1.54) is 50.6 Å². The molecule has 0 saturated heterocycles. The number of allylic oxidation sites excluding steroid dienone is 5. The summed E-state index contributed by atoms with van der Waals surface area (Å²) in [6, 6.07) is 0.474. The fourth-order valence-electron chi connectivity index (χ4n) is 3.51. The molecule has 26 heavy (non-hydrogen) atoms. The van der Waals surface area contributed by atoms with Crippen LogP contribution in [-0.4, -0.2) is 30.7 Å². The van der Waals surface area contributed by atoms with Gasteiger partial charge in [-0.25, -0.2) is 4.99 Å². The van der Waals surface area contributed by atoms with Gasteiger partial charge in [0, 0.05) is 31.4 Å². The molecule has 0 spiro atoms. The fraction of sp³-hybridized carbons (Fsp3) is 0.591. The van der Waals surface area contributed by atoms with Gasteiger partial charge in [-0.15, -0.1) is 0 Å². The van der Waals surface area contributed by atoms with Crippen LogP contribution in [-0.2, 0) is 0 Å². The highest BCUT2D eigenvalue weighted by Crippen LogP contribution is 2.37. The van der Waals surface area contributed by atoms with Crippen molar-refractivity contribution in [3.05, 3.63) is 47.4 Å². The van der Waals surface area contributed by atoms with Gasteiger partial charge in [0.15, 0.2) is 0 Å². The van der Waals surface area contributed by atoms with Crippen LogP contribution in [0, 0.1) is 5.92 Å². The van der Waals surface area contributed by atoms with Crippen molar-refractivity contribution < 1.29 is 0 Å². The van der Waals surface area contributed by atoms with Crippen LogP contribution in [0.5, 0.6) is 0 Å². The van der Waals surface area contributed by atoms with E-state index in [0.29, 0.717) is 16.9 Å². The standard InChI is InChI=1S/C22H34ClN3/c1-6-19(21(26(4)5)15-17-13-14-17)22(20(23)7-2)25-16(3)24-18-11-9-8-10-12-18/h6-7,17-18,24H,1,3,8-15H2,2,4-5H3/b20-7+,21-19?,25-22?. The third-order valence-corrected chi connectivity index (χ3v) is 5.59. The Morgan fingerprint density at radius 1 is 1.19 bits per heavy atom. The lowest BCUT2D eigenvalue weighted by atomic mass is 9.95. The molecule has 0 aliphatic heterocycles. The highest BCUT2D eigenvalue weighted by Gasteiger charge is 2.26. The molecule has 0 atom stereocenters. The molecule has 2 fully saturated rings. The maximum atomic E-state index is 6.55. The van der Waals surface area contributed by atoms with Crippen LogP contribution in [0.3, 0.4) is 0 Å². The van der Waals surface area contributed by atoms with Crippen molar-refractivity contribution >= 4 is 17.3 Å². The third kappa shape index (κ3) is 6.05. The van der Waals surface area contributed by atoms with Crippen LogP contribution in [0.15, 0.2) is 52.4 Å². The lowest BCUT2D eigenvalue weighted by Crippen LogP contribution is -2.30. The fourth-order valence-corrected chi connectivity index (χ4v) is 3.65. The van der Waals surface area contributed by atoms with Gasteiger partial charge in [0.05, 0.1) is 10.7 Å². The molecule has 0 amide bonds. The second kappa shape index (κ2) is 10.0. The number of hydrogen-bond donors (Lipinski definition) is 1. The lowest BCUT2D eigenvalue weighted by Gasteiger charge is -2.25. The minimum absolute atomic E-state index is 0.474. The molecule has 0 aromatic carbocycles. The van der Waals surface area contributed by atoms with Crippen LogP contribution >= 0.6 is 11.6 Å². The van der Waals surface area contributed by atoms with Crippen LogP contribution < -0.4 is 5.32 Å². The van der Waals surface area contributed by atoms with E-state index in [1.54, 1.807) is 0 Å². The topological polar surface area (TPSA) is 27.6 Å². The van der Waals surface area contributed by atoms with E-state index in [4.69, 9.17) is 16.6 Å². The minimum atomic E-state index is 0.474. The van der Waals surface area contributed by atoms with Gasteiger partial charge in [0.2, 0.25) is 0 Å². The Hall–Kier alpha value is -1.48. The smallest absolute Gasteiger partial charge is 0.119 e. The maximum Gasteiger partial charge on any atom is 0.119 e. The van der Waals surface area contributed by atoms with E-state index < -0.39 is 0 Å². The molecule has 0 aromatic heterocycles. The van der Waals surface area contributed by atoms with Gasteiger partial charge in [-0.05, 0) is 44.9 Å². The minimum Gasteiger partial charge on any atom is -0.380 e. The van der Waals surface area contributed by atoms with Crippen molar-refractivity contribution in [2.45, 2.75) is 64.3 Å². The zero-order chi connectivity index (χ0) is 19.1. The SMILES string of the molecule is C=CC(C(=NC(=C)NC1CCCCC1)/C(Cl)=C\C)=C(CC1CC1)N(C)C. The summed E-state index contributed by atoms with van der Waals surface area (Å²) in [5, 5.41) is 4.13. The van der Waals surface area contributed by atoms with Crippen LogP contribution in [0.2, 0.25) is 0 Å². The predicted octanol–water partition coefficient (Wildman–Crippen LogP) is 5.77. The zero-order valence-electron chi connectivity index (χ0n) is 16.7. The van der Waals surface area contributed by atoms with E-state index in [9.17, 15) is 0 Å². The van der Waals surface area contributed by atoms with Gasteiger partial charge in [-0.2, -0.15) is 0 Å². The number of nitrogens with one attached hydrogen (secondary N) is 1. The Balaban J connectivity index is 2.30. The van der Waals surface area contributed by atoms with Crippen LogP contribution in [0.25, 0.3) is 0 Å². The van der Waals surface area contributed by atoms with Crippen molar-refractivity contribution in [2.75, 3.05) is 14.1 Å². The number of halogens is 1. The summed E-state index contributed by atoms with van der Waals surface area (Å²) < 4.78 is 0. The van der Waals surface area contributed by atoms with Gasteiger partial charge in [0.1, 0.15) is 5.82 Å². The zero-order valence-corrected chi connectivity index (χ0v) is 17.4. The van der Waals surface area contributed by atoms with E-state index in [-0.39, 0.29) is 0 Å². The second-order valence-electron chi connectivity index (χ2n) is 7.63. The molecule has 2 rings (SSSR count). The number of nitrogens with zero attached hydrogens (tertiary/aromatic N) is 2. The number of aliphatic imine (C=N–C) groups is 1. The molecule has 0 heterocycles. The first-order chi connectivity index (χ1) is 12.5. The third-order valence-electron chi connectivity index (χ3n) is 5.19. The molecule has 1 N–H and O–H groups in total. The largest absolute Gasteiger partial charge is 0.380 e. The summed E-state index contributed by atoms with van der Waals surface area (Å²) in [6.45, 7) is 10.1. The first kappa shape index (κ1) is 20.8. The van der Waals surface area contributed by atoms with Crippen molar-refractivity contribution in [3.63, 3.8) is 0 Å². The Morgan fingerprint density at radius 2 is 1.85 bits per heavy atom. The van der Waals surface area contributed by atoms with Gasteiger partial charge in [-0.1, -0.05) is 56.2 Å². The Bertz CT molecular complexity index is 603.